The molecule has 22 heavy (non-hydrogen) atoms. The Morgan fingerprint density at radius 2 is 1.82 bits per heavy atom. The Kier molecular flexibility index (Phi) is 5.32. The van der Waals surface area contributed by atoms with Gasteiger partial charge in [-0.15, -0.1) is 0 Å². The van der Waals surface area contributed by atoms with Gasteiger partial charge < -0.3 is 10.3 Å². The van der Waals surface area contributed by atoms with Crippen LogP contribution in [0.15, 0.2) is 57.4 Å². The Morgan fingerprint density at radius 3 is 2.41 bits per heavy atom. The molecule has 0 amide bonds. The van der Waals surface area contributed by atoms with E-state index in [1.807, 2.05) is 69.3 Å². The Hall–Kier alpha value is -1.30. The number of benzene rings is 2. The van der Waals surface area contributed by atoms with Crippen LogP contribution in [0, 0.1) is 0 Å². The summed E-state index contributed by atoms with van der Waals surface area (Å²) in [5.74, 6) is 0. The zero-order chi connectivity index (χ0) is 16.3. The second kappa shape index (κ2) is 6.86. The van der Waals surface area contributed by atoms with E-state index in [1.54, 1.807) is 0 Å². The van der Waals surface area contributed by atoms with E-state index in [2.05, 4.69) is 20.3 Å². The van der Waals surface area contributed by atoms with Crippen LogP contribution < -0.4 is 5.73 Å². The number of halogens is 1. The molecule has 2 aromatic carbocycles. The highest BCUT2D eigenvalue weighted by Gasteiger charge is 2.28. The fourth-order valence-electron chi connectivity index (χ4n) is 1.83. The van der Waals surface area contributed by atoms with E-state index >= 15 is 0 Å². The van der Waals surface area contributed by atoms with Gasteiger partial charge in [0.1, 0.15) is 21.8 Å². The smallest absolute Gasteiger partial charge is 0.144 e. The standard InChI is InChI=1S/C17H19BrN2OS/c1-17(2,3)22(21)20-16(12-7-6-8-13(18)11-12)14-9-4-5-10-15(14)19/h4-11H,19H2,1-3H3. The summed E-state index contributed by atoms with van der Waals surface area (Å²) in [6, 6.07) is 15.3. The summed E-state index contributed by atoms with van der Waals surface area (Å²) in [4.78, 5) is 0. The van der Waals surface area contributed by atoms with Crippen molar-refractivity contribution in [3.05, 3.63) is 64.1 Å². The molecule has 0 saturated heterocycles. The molecule has 0 spiro atoms. The highest BCUT2D eigenvalue weighted by molar-refractivity contribution is 9.10. The summed E-state index contributed by atoms with van der Waals surface area (Å²) in [7, 11) is 0. The Morgan fingerprint density at radius 1 is 1.14 bits per heavy atom. The Bertz CT molecular complexity index is 695. The molecule has 0 saturated carbocycles. The SMILES string of the molecule is CC(C)(C)[S+]([O-])N=C(c1cccc(Br)c1)c1ccccc1N. The molecule has 0 heterocycles. The minimum Gasteiger partial charge on any atom is -0.591 e. The molecule has 1 atom stereocenters. The van der Waals surface area contributed by atoms with Crippen molar-refractivity contribution >= 4 is 38.7 Å². The highest BCUT2D eigenvalue weighted by atomic mass is 79.9. The molecule has 2 aromatic rings. The first-order valence-corrected chi connectivity index (χ1v) is 8.80. The molecule has 0 radical (unpaired) electrons. The summed E-state index contributed by atoms with van der Waals surface area (Å²) >= 11 is 2.10. The van der Waals surface area contributed by atoms with Gasteiger partial charge in [0.25, 0.3) is 0 Å². The predicted molar refractivity (Wildman–Crippen MR) is 98.5 cm³/mol. The van der Waals surface area contributed by atoms with Gasteiger partial charge in [-0.2, -0.15) is 0 Å². The van der Waals surface area contributed by atoms with Crippen LogP contribution in [0.25, 0.3) is 0 Å². The van der Waals surface area contributed by atoms with Gasteiger partial charge >= 0.3 is 0 Å². The van der Waals surface area contributed by atoms with Crippen LogP contribution in [0.1, 0.15) is 31.9 Å². The first kappa shape index (κ1) is 17.1. The first-order chi connectivity index (χ1) is 10.3. The van der Waals surface area contributed by atoms with Crippen LogP contribution in [0.4, 0.5) is 5.69 Å². The number of rotatable bonds is 3. The van der Waals surface area contributed by atoms with Crippen LogP contribution in [0.2, 0.25) is 0 Å². The van der Waals surface area contributed by atoms with Crippen molar-refractivity contribution in [3.63, 3.8) is 0 Å². The maximum Gasteiger partial charge on any atom is 0.144 e. The zero-order valence-electron chi connectivity index (χ0n) is 12.8. The number of nitrogen functional groups attached to an aromatic ring is 1. The van der Waals surface area contributed by atoms with E-state index in [0.717, 1.165) is 15.6 Å². The third-order valence-electron chi connectivity index (χ3n) is 3.01. The van der Waals surface area contributed by atoms with Crippen molar-refractivity contribution < 1.29 is 4.55 Å². The fraction of sp³-hybridized carbons (Fsp3) is 0.235. The summed E-state index contributed by atoms with van der Waals surface area (Å²) in [5, 5.41) is 0. The lowest BCUT2D eigenvalue weighted by Gasteiger charge is -2.20. The molecule has 0 fully saturated rings. The highest BCUT2D eigenvalue weighted by Crippen LogP contribution is 2.24. The van der Waals surface area contributed by atoms with Gasteiger partial charge in [0, 0.05) is 21.3 Å². The second-order valence-corrected chi connectivity index (χ2v) is 8.72. The molecule has 1 unspecified atom stereocenters. The topological polar surface area (TPSA) is 61.4 Å². The van der Waals surface area contributed by atoms with E-state index in [9.17, 15) is 4.55 Å². The van der Waals surface area contributed by atoms with Crippen molar-refractivity contribution in [1.82, 2.24) is 0 Å². The summed E-state index contributed by atoms with van der Waals surface area (Å²) < 4.78 is 17.5. The largest absolute Gasteiger partial charge is 0.591 e. The van der Waals surface area contributed by atoms with Crippen LogP contribution in [0.5, 0.6) is 0 Å². The monoisotopic (exact) mass is 378 g/mol. The normalized spacial score (nSPS) is 14.0. The quantitative estimate of drug-likeness (QED) is 0.490. The van der Waals surface area contributed by atoms with E-state index in [4.69, 9.17) is 5.73 Å². The van der Waals surface area contributed by atoms with Crippen LogP contribution in [0.3, 0.4) is 0 Å². The van der Waals surface area contributed by atoms with Crippen molar-refractivity contribution in [2.24, 2.45) is 4.40 Å². The molecule has 0 aromatic heterocycles. The maximum absolute atomic E-state index is 12.5. The molecule has 0 aliphatic rings. The summed E-state index contributed by atoms with van der Waals surface area (Å²) in [6.07, 6.45) is 0. The maximum atomic E-state index is 12.5. The fourth-order valence-corrected chi connectivity index (χ4v) is 2.87. The molecule has 5 heteroatoms. The molecule has 0 aliphatic carbocycles. The summed E-state index contributed by atoms with van der Waals surface area (Å²) in [5.41, 5.74) is 9.02. The molecule has 0 bridgehead atoms. The second-order valence-electron chi connectivity index (χ2n) is 5.90. The first-order valence-electron chi connectivity index (χ1n) is 6.90. The van der Waals surface area contributed by atoms with Gasteiger partial charge in [-0.3, -0.25) is 0 Å². The Balaban J connectivity index is 2.60. The minimum absolute atomic E-state index is 0.430. The minimum atomic E-state index is -1.37. The van der Waals surface area contributed by atoms with E-state index in [1.165, 1.54) is 0 Å². The van der Waals surface area contributed by atoms with E-state index in [-0.39, 0.29) is 0 Å². The van der Waals surface area contributed by atoms with Gasteiger partial charge in [0.15, 0.2) is 0 Å². The molecular weight excluding hydrogens is 360 g/mol. The number of hydrogen-bond donors (Lipinski definition) is 1. The lowest BCUT2D eigenvalue weighted by atomic mass is 10.0. The number of nitrogens with two attached hydrogens (primary N) is 1. The lowest BCUT2D eigenvalue weighted by molar-refractivity contribution is 0.561. The average Bonchev–Trinajstić information content (AvgIpc) is 2.44. The van der Waals surface area contributed by atoms with Gasteiger partial charge in [-0.05, 0) is 39.0 Å². The Labute approximate surface area is 143 Å². The number of nitrogens with zero attached hydrogens (tertiary/aromatic N) is 1. The van der Waals surface area contributed by atoms with Gasteiger partial charge in [-0.25, -0.2) is 0 Å². The number of hydrogen-bond acceptors (Lipinski definition) is 3. The van der Waals surface area contributed by atoms with Crippen molar-refractivity contribution in [2.45, 2.75) is 25.5 Å². The van der Waals surface area contributed by atoms with Crippen molar-refractivity contribution in [3.8, 4) is 0 Å². The van der Waals surface area contributed by atoms with E-state index < -0.39 is 16.1 Å². The van der Waals surface area contributed by atoms with Gasteiger partial charge in [0.2, 0.25) is 0 Å². The van der Waals surface area contributed by atoms with Crippen LogP contribution in [-0.4, -0.2) is 15.0 Å². The van der Waals surface area contributed by atoms with Gasteiger partial charge in [0.05, 0.1) is 0 Å². The number of anilines is 1. The van der Waals surface area contributed by atoms with E-state index in [0.29, 0.717) is 11.4 Å². The van der Waals surface area contributed by atoms with Gasteiger partial charge in [-0.1, -0.05) is 50.7 Å². The molecule has 116 valence electrons. The van der Waals surface area contributed by atoms with Crippen LogP contribution in [-0.2, 0) is 11.4 Å². The molecule has 3 nitrogen and oxygen atoms in total. The zero-order valence-corrected chi connectivity index (χ0v) is 15.2. The number of para-hydroxylation sites is 1. The van der Waals surface area contributed by atoms with Crippen LogP contribution >= 0.6 is 15.9 Å². The third kappa shape index (κ3) is 4.12. The van der Waals surface area contributed by atoms with Crippen molar-refractivity contribution in [1.29, 1.82) is 0 Å². The lowest BCUT2D eigenvalue weighted by Crippen LogP contribution is -2.27. The average molecular weight is 379 g/mol. The molecular formula is C17H19BrN2OS. The summed E-state index contributed by atoms with van der Waals surface area (Å²) in [6.45, 7) is 5.71. The molecule has 0 aliphatic heterocycles. The van der Waals surface area contributed by atoms with Crippen molar-refractivity contribution in [2.75, 3.05) is 5.73 Å². The molecule has 2 N–H and O–H groups in total. The third-order valence-corrected chi connectivity index (χ3v) is 4.90. The predicted octanol–water partition coefficient (Wildman–Crippen LogP) is 4.33. The molecule has 2 rings (SSSR count).